The highest BCUT2D eigenvalue weighted by atomic mass is 35.5. The summed E-state index contributed by atoms with van der Waals surface area (Å²) in [7, 11) is 0. The Morgan fingerprint density at radius 2 is 1.77 bits per heavy atom. The van der Waals surface area contributed by atoms with Crippen molar-refractivity contribution in [3.8, 4) is 0 Å². The van der Waals surface area contributed by atoms with E-state index in [0.717, 1.165) is 24.8 Å². The Bertz CT molecular complexity index is 1110. The molecule has 2 aromatic carbocycles. The molecule has 0 saturated heterocycles. The largest absolute Gasteiger partial charge is 0.330 e. The summed E-state index contributed by atoms with van der Waals surface area (Å²) in [6.07, 6.45) is 2.71. The molecule has 1 fully saturated rings. The second-order valence-corrected chi connectivity index (χ2v) is 9.50. The normalized spacial score (nSPS) is 17.8. The molecule has 6 heteroatoms. The van der Waals surface area contributed by atoms with Crippen molar-refractivity contribution in [2.75, 3.05) is 13.1 Å². The third-order valence-electron chi connectivity index (χ3n) is 6.06. The molecule has 3 aromatic rings. The first-order valence-corrected chi connectivity index (χ1v) is 11.9. The summed E-state index contributed by atoms with van der Waals surface area (Å²) < 4.78 is 0. The van der Waals surface area contributed by atoms with Crippen molar-refractivity contribution >= 4 is 34.8 Å². The topological polar surface area (TPSA) is 40.6 Å². The van der Waals surface area contributed by atoms with Gasteiger partial charge in [0.15, 0.2) is 0 Å². The van der Waals surface area contributed by atoms with Gasteiger partial charge in [-0.25, -0.2) is 0 Å². The molecule has 1 saturated carbocycles. The summed E-state index contributed by atoms with van der Waals surface area (Å²) in [6, 6.07) is 19.4. The highest BCUT2D eigenvalue weighted by Crippen LogP contribution is 2.38. The van der Waals surface area contributed by atoms with Crippen LogP contribution in [0.5, 0.6) is 0 Å². The van der Waals surface area contributed by atoms with E-state index in [1.807, 2.05) is 29.2 Å². The van der Waals surface area contributed by atoms with Gasteiger partial charge >= 0.3 is 0 Å². The SMILES string of the molecule is O=C(c1ccccc1Cl)N(CC(=O)N1CCc2sccc2C1c1ccccc1)C1CC1. The van der Waals surface area contributed by atoms with Gasteiger partial charge in [0.05, 0.1) is 16.6 Å². The fraction of sp³-hybridized carbons (Fsp3) is 0.280. The Morgan fingerprint density at radius 1 is 1.03 bits per heavy atom. The van der Waals surface area contributed by atoms with Crippen LogP contribution in [0.4, 0.5) is 0 Å². The van der Waals surface area contributed by atoms with Crippen molar-refractivity contribution in [3.05, 3.63) is 92.6 Å². The lowest BCUT2D eigenvalue weighted by Gasteiger charge is -2.37. The standard InChI is InChI=1S/C25H23ClN2O2S/c26-21-9-5-4-8-19(21)25(30)28(18-10-11-18)16-23(29)27-14-12-22-20(13-15-31-22)24(27)17-6-2-1-3-7-17/h1-9,13,15,18,24H,10-12,14,16H2. The molecule has 1 aromatic heterocycles. The zero-order valence-electron chi connectivity index (χ0n) is 17.0. The summed E-state index contributed by atoms with van der Waals surface area (Å²) in [6.45, 7) is 0.738. The van der Waals surface area contributed by atoms with Gasteiger partial charge in [0.2, 0.25) is 5.91 Å². The Morgan fingerprint density at radius 3 is 2.52 bits per heavy atom. The predicted octanol–water partition coefficient (Wildman–Crippen LogP) is 5.18. The van der Waals surface area contributed by atoms with E-state index in [9.17, 15) is 9.59 Å². The van der Waals surface area contributed by atoms with E-state index in [1.165, 1.54) is 10.4 Å². The van der Waals surface area contributed by atoms with E-state index in [-0.39, 0.29) is 30.4 Å². The third-order valence-corrected chi connectivity index (χ3v) is 7.39. The second kappa shape index (κ2) is 8.48. The lowest BCUT2D eigenvalue weighted by atomic mass is 9.93. The number of thiophene rings is 1. The maximum absolute atomic E-state index is 13.6. The predicted molar refractivity (Wildman–Crippen MR) is 124 cm³/mol. The Labute approximate surface area is 191 Å². The molecule has 31 heavy (non-hydrogen) atoms. The summed E-state index contributed by atoms with van der Waals surface area (Å²) in [5.74, 6) is -0.177. The van der Waals surface area contributed by atoms with Gasteiger partial charge in [0.25, 0.3) is 5.91 Å². The molecule has 4 nitrogen and oxygen atoms in total. The lowest BCUT2D eigenvalue weighted by Crippen LogP contribution is -2.47. The van der Waals surface area contributed by atoms with Crippen molar-refractivity contribution < 1.29 is 9.59 Å². The van der Waals surface area contributed by atoms with Gasteiger partial charge in [0.1, 0.15) is 6.54 Å². The van der Waals surface area contributed by atoms with Gasteiger partial charge in [-0.1, -0.05) is 54.1 Å². The molecule has 5 rings (SSSR count). The number of amides is 2. The number of nitrogens with zero attached hydrogens (tertiary/aromatic N) is 2. The zero-order valence-corrected chi connectivity index (χ0v) is 18.6. The quantitative estimate of drug-likeness (QED) is 0.537. The Hall–Kier alpha value is -2.63. The molecule has 0 spiro atoms. The molecule has 0 radical (unpaired) electrons. The molecule has 1 unspecified atom stereocenters. The second-order valence-electron chi connectivity index (χ2n) is 8.09. The van der Waals surface area contributed by atoms with Crippen LogP contribution < -0.4 is 0 Å². The first-order valence-electron chi connectivity index (χ1n) is 10.6. The number of carbonyl (C=O) groups is 2. The fourth-order valence-electron chi connectivity index (χ4n) is 4.36. The van der Waals surface area contributed by atoms with Crippen LogP contribution in [0.25, 0.3) is 0 Å². The number of halogens is 1. The Kier molecular flexibility index (Phi) is 5.55. The number of fused-ring (bicyclic) bond motifs is 1. The first-order chi connectivity index (χ1) is 15.1. The maximum Gasteiger partial charge on any atom is 0.256 e. The highest BCUT2D eigenvalue weighted by Gasteiger charge is 2.38. The van der Waals surface area contributed by atoms with E-state index >= 15 is 0 Å². The van der Waals surface area contributed by atoms with Gasteiger partial charge in [-0.15, -0.1) is 11.3 Å². The van der Waals surface area contributed by atoms with Crippen LogP contribution in [0.15, 0.2) is 66.0 Å². The van der Waals surface area contributed by atoms with Crippen molar-refractivity contribution in [2.24, 2.45) is 0 Å². The molecular weight excluding hydrogens is 428 g/mol. The minimum atomic E-state index is -0.161. The van der Waals surface area contributed by atoms with Crippen molar-refractivity contribution in [2.45, 2.75) is 31.3 Å². The average molecular weight is 451 g/mol. The number of hydrogen-bond donors (Lipinski definition) is 0. The maximum atomic E-state index is 13.6. The van der Waals surface area contributed by atoms with Crippen LogP contribution in [-0.2, 0) is 11.2 Å². The molecule has 0 bridgehead atoms. The fourth-order valence-corrected chi connectivity index (χ4v) is 5.48. The van der Waals surface area contributed by atoms with Gasteiger partial charge in [-0.3, -0.25) is 9.59 Å². The lowest BCUT2D eigenvalue weighted by molar-refractivity contribution is -0.134. The summed E-state index contributed by atoms with van der Waals surface area (Å²) in [5, 5.41) is 2.53. The van der Waals surface area contributed by atoms with Crippen LogP contribution in [-0.4, -0.2) is 40.7 Å². The van der Waals surface area contributed by atoms with Gasteiger partial charge in [0, 0.05) is 17.5 Å². The molecule has 1 aliphatic carbocycles. The molecule has 2 aliphatic rings. The van der Waals surface area contributed by atoms with E-state index in [4.69, 9.17) is 11.6 Å². The van der Waals surface area contributed by atoms with E-state index in [2.05, 4.69) is 23.6 Å². The summed E-state index contributed by atoms with van der Waals surface area (Å²) in [5.41, 5.74) is 2.76. The molecule has 1 atom stereocenters. The molecule has 0 N–H and O–H groups in total. The molecule has 1 aliphatic heterocycles. The highest BCUT2D eigenvalue weighted by molar-refractivity contribution is 7.10. The summed E-state index contributed by atoms with van der Waals surface area (Å²) >= 11 is 8.03. The van der Waals surface area contributed by atoms with Crippen LogP contribution in [0.3, 0.4) is 0 Å². The van der Waals surface area contributed by atoms with Crippen molar-refractivity contribution in [1.29, 1.82) is 0 Å². The molecule has 2 heterocycles. The number of hydrogen-bond acceptors (Lipinski definition) is 3. The minimum Gasteiger partial charge on any atom is -0.330 e. The van der Waals surface area contributed by atoms with Crippen molar-refractivity contribution in [3.63, 3.8) is 0 Å². The Balaban J connectivity index is 1.43. The van der Waals surface area contributed by atoms with E-state index in [0.29, 0.717) is 17.1 Å². The third kappa shape index (κ3) is 4.00. The average Bonchev–Trinajstić information content (AvgIpc) is 3.53. The van der Waals surface area contributed by atoms with Crippen LogP contribution in [0.1, 0.15) is 45.2 Å². The zero-order chi connectivity index (χ0) is 21.4. The van der Waals surface area contributed by atoms with Gasteiger partial charge in [-0.2, -0.15) is 0 Å². The smallest absolute Gasteiger partial charge is 0.256 e. The van der Waals surface area contributed by atoms with Gasteiger partial charge < -0.3 is 9.80 Å². The van der Waals surface area contributed by atoms with Crippen LogP contribution in [0.2, 0.25) is 5.02 Å². The van der Waals surface area contributed by atoms with E-state index < -0.39 is 0 Å². The van der Waals surface area contributed by atoms with Gasteiger partial charge in [-0.05, 0) is 54.0 Å². The minimum absolute atomic E-state index is 0.0157. The number of benzene rings is 2. The summed E-state index contributed by atoms with van der Waals surface area (Å²) in [4.78, 5) is 31.8. The number of carbonyl (C=O) groups excluding carboxylic acids is 2. The number of rotatable bonds is 5. The van der Waals surface area contributed by atoms with E-state index in [1.54, 1.807) is 34.4 Å². The van der Waals surface area contributed by atoms with Crippen LogP contribution >= 0.6 is 22.9 Å². The first kappa shape index (κ1) is 20.3. The van der Waals surface area contributed by atoms with Crippen LogP contribution in [0, 0.1) is 0 Å². The molecular formula is C25H23ClN2O2S. The van der Waals surface area contributed by atoms with Crippen molar-refractivity contribution in [1.82, 2.24) is 9.80 Å². The molecule has 158 valence electrons. The monoisotopic (exact) mass is 450 g/mol. The molecule has 2 amide bonds.